The van der Waals surface area contributed by atoms with Crippen LogP contribution in [0.3, 0.4) is 0 Å². The van der Waals surface area contributed by atoms with Crippen LogP contribution in [-0.2, 0) is 0 Å². The van der Waals surface area contributed by atoms with Crippen molar-refractivity contribution in [2.75, 3.05) is 13.1 Å². The molecule has 0 saturated carbocycles. The van der Waals surface area contributed by atoms with Gasteiger partial charge in [-0.05, 0) is 25.0 Å². The van der Waals surface area contributed by atoms with Crippen LogP contribution in [0.4, 0.5) is 0 Å². The Labute approximate surface area is 72.4 Å². The quantitative estimate of drug-likeness (QED) is 0.558. The van der Waals surface area contributed by atoms with Gasteiger partial charge in [-0.3, -0.25) is 9.98 Å². The molecular formula is C10H12N2. The smallest absolute Gasteiger partial charge is 0.0823 e. The van der Waals surface area contributed by atoms with Gasteiger partial charge in [0.25, 0.3) is 0 Å². The second kappa shape index (κ2) is 3.48. The molecule has 0 unspecified atom stereocenters. The predicted octanol–water partition coefficient (Wildman–Crippen LogP) is 1.79. The van der Waals surface area contributed by atoms with E-state index in [4.69, 9.17) is 0 Å². The largest absolute Gasteiger partial charge is 0.283 e. The maximum atomic E-state index is 4.40. The van der Waals surface area contributed by atoms with E-state index in [0.717, 1.165) is 37.4 Å². The van der Waals surface area contributed by atoms with E-state index in [9.17, 15) is 0 Å². The van der Waals surface area contributed by atoms with E-state index in [0.29, 0.717) is 0 Å². The van der Waals surface area contributed by atoms with Crippen LogP contribution in [-0.4, -0.2) is 24.5 Å². The monoisotopic (exact) mass is 160 g/mol. The zero-order valence-corrected chi connectivity index (χ0v) is 7.03. The summed E-state index contributed by atoms with van der Waals surface area (Å²) in [5.41, 5.74) is 2.11. The van der Waals surface area contributed by atoms with Crippen molar-refractivity contribution in [3.63, 3.8) is 0 Å². The third-order valence-electron chi connectivity index (χ3n) is 1.97. The molecule has 0 aromatic rings. The van der Waals surface area contributed by atoms with Gasteiger partial charge in [-0.1, -0.05) is 12.2 Å². The first-order valence-corrected chi connectivity index (χ1v) is 4.39. The summed E-state index contributed by atoms with van der Waals surface area (Å²) in [5, 5.41) is 0. The van der Waals surface area contributed by atoms with Crippen LogP contribution in [0.5, 0.6) is 0 Å². The summed E-state index contributed by atoms with van der Waals surface area (Å²) in [6.45, 7) is 1.83. The highest BCUT2D eigenvalue weighted by atomic mass is 14.8. The van der Waals surface area contributed by atoms with Crippen LogP contribution < -0.4 is 0 Å². The number of aliphatic imine (C=N–C) groups is 2. The van der Waals surface area contributed by atoms with Crippen LogP contribution in [0.15, 0.2) is 34.3 Å². The lowest BCUT2D eigenvalue weighted by Gasteiger charge is -2.08. The van der Waals surface area contributed by atoms with Gasteiger partial charge in [-0.2, -0.15) is 0 Å². The molecule has 2 rings (SSSR count). The molecule has 12 heavy (non-hydrogen) atoms. The molecular weight excluding hydrogens is 148 g/mol. The van der Waals surface area contributed by atoms with Crippen LogP contribution in [0.25, 0.3) is 0 Å². The molecule has 0 saturated heterocycles. The molecule has 2 aliphatic heterocycles. The Morgan fingerprint density at radius 1 is 0.833 bits per heavy atom. The first-order valence-electron chi connectivity index (χ1n) is 4.39. The van der Waals surface area contributed by atoms with Crippen molar-refractivity contribution in [1.29, 1.82) is 0 Å². The fourth-order valence-electron chi connectivity index (χ4n) is 1.35. The standard InChI is InChI=1S/C10H12N2/c1-3-7-11-9(5-1)10-6-2-4-8-12-10/h1-2,5-6H,3-4,7-8H2. The summed E-state index contributed by atoms with van der Waals surface area (Å²) >= 11 is 0. The highest BCUT2D eigenvalue weighted by Gasteiger charge is 2.06. The highest BCUT2D eigenvalue weighted by molar-refractivity contribution is 6.50. The summed E-state index contributed by atoms with van der Waals surface area (Å²) in [7, 11) is 0. The van der Waals surface area contributed by atoms with Crippen molar-refractivity contribution in [1.82, 2.24) is 0 Å². The van der Waals surface area contributed by atoms with E-state index in [1.807, 2.05) is 0 Å². The summed E-state index contributed by atoms with van der Waals surface area (Å²) in [4.78, 5) is 8.80. The molecule has 2 heterocycles. The van der Waals surface area contributed by atoms with Crippen molar-refractivity contribution in [3.05, 3.63) is 24.3 Å². The number of nitrogens with zero attached hydrogens (tertiary/aromatic N) is 2. The average molecular weight is 160 g/mol. The topological polar surface area (TPSA) is 24.7 Å². The molecule has 62 valence electrons. The second-order valence-electron chi connectivity index (χ2n) is 2.92. The molecule has 0 aromatic carbocycles. The molecule has 0 aliphatic carbocycles. The first-order chi connectivity index (χ1) is 5.97. The van der Waals surface area contributed by atoms with Crippen molar-refractivity contribution in [2.24, 2.45) is 9.98 Å². The van der Waals surface area contributed by atoms with E-state index < -0.39 is 0 Å². The van der Waals surface area contributed by atoms with Crippen LogP contribution in [0.1, 0.15) is 12.8 Å². The van der Waals surface area contributed by atoms with Gasteiger partial charge in [0.2, 0.25) is 0 Å². The van der Waals surface area contributed by atoms with E-state index >= 15 is 0 Å². The van der Waals surface area contributed by atoms with E-state index in [-0.39, 0.29) is 0 Å². The fraction of sp³-hybridized carbons (Fsp3) is 0.400. The molecule has 0 N–H and O–H groups in total. The third kappa shape index (κ3) is 1.52. The summed E-state index contributed by atoms with van der Waals surface area (Å²) in [6, 6.07) is 0. The normalized spacial score (nSPS) is 22.0. The number of hydrogen-bond donors (Lipinski definition) is 0. The average Bonchev–Trinajstić information content (AvgIpc) is 2.21. The van der Waals surface area contributed by atoms with Crippen LogP contribution >= 0.6 is 0 Å². The molecule has 0 radical (unpaired) electrons. The summed E-state index contributed by atoms with van der Waals surface area (Å²) in [5.74, 6) is 0. The van der Waals surface area contributed by atoms with Crippen molar-refractivity contribution in [2.45, 2.75) is 12.8 Å². The molecule has 0 amide bonds. The van der Waals surface area contributed by atoms with E-state index in [1.54, 1.807) is 0 Å². The summed E-state index contributed by atoms with van der Waals surface area (Å²) < 4.78 is 0. The molecule has 2 aliphatic rings. The van der Waals surface area contributed by atoms with E-state index in [1.165, 1.54) is 0 Å². The summed E-state index contributed by atoms with van der Waals surface area (Å²) in [6.07, 6.45) is 10.6. The van der Waals surface area contributed by atoms with Crippen LogP contribution in [0.2, 0.25) is 0 Å². The lowest BCUT2D eigenvalue weighted by Crippen LogP contribution is -2.14. The molecule has 0 fully saturated rings. The van der Waals surface area contributed by atoms with Gasteiger partial charge >= 0.3 is 0 Å². The molecule has 0 aromatic heterocycles. The lowest BCUT2D eigenvalue weighted by atomic mass is 10.1. The zero-order valence-electron chi connectivity index (χ0n) is 7.03. The maximum absolute atomic E-state index is 4.40. The minimum atomic E-state index is 0.915. The number of allylic oxidation sites excluding steroid dienone is 2. The second-order valence-corrected chi connectivity index (χ2v) is 2.92. The SMILES string of the molecule is C1=CC(C2=NCCC=C2)=NCC1. The Balaban J connectivity index is 2.18. The Morgan fingerprint density at radius 2 is 1.33 bits per heavy atom. The Hall–Kier alpha value is -1.18. The molecule has 0 bridgehead atoms. The zero-order chi connectivity index (χ0) is 8.23. The third-order valence-corrected chi connectivity index (χ3v) is 1.97. The van der Waals surface area contributed by atoms with Crippen molar-refractivity contribution < 1.29 is 0 Å². The van der Waals surface area contributed by atoms with E-state index in [2.05, 4.69) is 34.3 Å². The number of dihydropyridines is 2. The Kier molecular flexibility index (Phi) is 2.16. The first kappa shape index (κ1) is 7.47. The van der Waals surface area contributed by atoms with Gasteiger partial charge in [0.1, 0.15) is 0 Å². The molecule has 2 heteroatoms. The Bertz CT molecular complexity index is 252. The predicted molar refractivity (Wildman–Crippen MR) is 52.1 cm³/mol. The van der Waals surface area contributed by atoms with Crippen LogP contribution in [0, 0.1) is 0 Å². The van der Waals surface area contributed by atoms with Gasteiger partial charge in [-0.15, -0.1) is 0 Å². The van der Waals surface area contributed by atoms with Crippen molar-refractivity contribution >= 4 is 11.4 Å². The Morgan fingerprint density at radius 3 is 1.67 bits per heavy atom. The van der Waals surface area contributed by atoms with Gasteiger partial charge in [-0.25, -0.2) is 0 Å². The van der Waals surface area contributed by atoms with Gasteiger partial charge < -0.3 is 0 Å². The molecule has 2 nitrogen and oxygen atoms in total. The number of rotatable bonds is 1. The minimum Gasteiger partial charge on any atom is -0.283 e. The highest BCUT2D eigenvalue weighted by Crippen LogP contribution is 2.03. The van der Waals surface area contributed by atoms with Gasteiger partial charge in [0.05, 0.1) is 11.4 Å². The van der Waals surface area contributed by atoms with Crippen molar-refractivity contribution in [3.8, 4) is 0 Å². The minimum absolute atomic E-state index is 0.915. The van der Waals surface area contributed by atoms with Gasteiger partial charge in [0, 0.05) is 13.1 Å². The lowest BCUT2D eigenvalue weighted by molar-refractivity contribution is 0.984. The fourth-order valence-corrected chi connectivity index (χ4v) is 1.35. The molecule has 0 spiro atoms. The number of hydrogen-bond acceptors (Lipinski definition) is 2. The molecule has 0 atom stereocenters. The maximum Gasteiger partial charge on any atom is 0.0823 e. The van der Waals surface area contributed by atoms with Gasteiger partial charge in [0.15, 0.2) is 0 Å².